The summed E-state index contributed by atoms with van der Waals surface area (Å²) in [6.07, 6.45) is 1.83. The number of pyridine rings is 1. The molecule has 142 valence electrons. The van der Waals surface area contributed by atoms with E-state index in [1.165, 1.54) is 30.3 Å². The van der Waals surface area contributed by atoms with Crippen LogP contribution < -0.4 is 0 Å². The van der Waals surface area contributed by atoms with E-state index in [0.717, 1.165) is 0 Å². The van der Waals surface area contributed by atoms with Crippen LogP contribution in [0, 0.1) is 17.5 Å². The number of halogens is 3. The number of hydrogen-bond acceptors (Lipinski definition) is 2. The van der Waals surface area contributed by atoms with E-state index in [4.69, 9.17) is 0 Å². The van der Waals surface area contributed by atoms with Crippen LogP contribution in [0.25, 0.3) is 33.4 Å². The lowest BCUT2D eigenvalue weighted by Gasteiger charge is -2.15. The summed E-state index contributed by atoms with van der Waals surface area (Å²) in [5, 5.41) is 9.10. The van der Waals surface area contributed by atoms with Crippen molar-refractivity contribution in [2.75, 3.05) is 0 Å². The molecule has 0 bridgehead atoms. The van der Waals surface area contributed by atoms with E-state index in [1.54, 1.807) is 36.4 Å². The molecule has 6 heteroatoms. The van der Waals surface area contributed by atoms with Gasteiger partial charge in [-0.15, -0.1) is 10.2 Å². The van der Waals surface area contributed by atoms with Crippen molar-refractivity contribution in [1.82, 2.24) is 14.8 Å². The van der Waals surface area contributed by atoms with Gasteiger partial charge in [0.05, 0.1) is 12.1 Å². The molecule has 5 rings (SSSR count). The van der Waals surface area contributed by atoms with Crippen molar-refractivity contribution in [1.29, 1.82) is 0 Å². The molecule has 0 aromatic heterocycles. The second kappa shape index (κ2) is 6.74. The van der Waals surface area contributed by atoms with Crippen molar-refractivity contribution < 1.29 is 13.2 Å². The minimum absolute atomic E-state index is 0.263. The van der Waals surface area contributed by atoms with Gasteiger partial charge in [-0.05, 0) is 48.5 Å². The smallest absolute Gasteiger partial charge is 0.128 e. The van der Waals surface area contributed by atoms with Crippen molar-refractivity contribution in [3.63, 3.8) is 0 Å². The van der Waals surface area contributed by atoms with Crippen LogP contribution in [0.5, 0.6) is 0 Å². The highest BCUT2D eigenvalue weighted by molar-refractivity contribution is 5.98. The van der Waals surface area contributed by atoms with Crippen molar-refractivity contribution >= 4 is 10.9 Å². The molecular weight excluding hydrogens is 375 g/mol. The Morgan fingerprint density at radius 2 is 1.48 bits per heavy atom. The lowest BCUT2D eigenvalue weighted by Crippen LogP contribution is -2.05. The fourth-order valence-corrected chi connectivity index (χ4v) is 3.58. The predicted molar refractivity (Wildman–Crippen MR) is 105 cm³/mol. The molecule has 0 N–H and O–H groups in total. The molecule has 0 fully saturated rings. The molecule has 3 aromatic carbocycles. The van der Waals surface area contributed by atoms with E-state index in [1.807, 2.05) is 10.8 Å². The minimum Gasteiger partial charge on any atom is -0.342 e. The first-order chi connectivity index (χ1) is 14.1. The zero-order valence-electron chi connectivity index (χ0n) is 15.1. The first-order valence-electron chi connectivity index (χ1n) is 9.04. The molecule has 0 saturated carbocycles. The van der Waals surface area contributed by atoms with Crippen molar-refractivity contribution in [2.45, 2.75) is 6.54 Å². The van der Waals surface area contributed by atoms with E-state index in [9.17, 15) is 13.2 Å². The fourth-order valence-electron chi connectivity index (χ4n) is 3.58. The molecule has 0 unspecified atom stereocenters. The van der Waals surface area contributed by atoms with E-state index >= 15 is 0 Å². The lowest BCUT2D eigenvalue weighted by atomic mass is 10.0. The quantitative estimate of drug-likeness (QED) is 0.398. The average molecular weight is 389 g/mol. The molecule has 2 aliphatic rings. The Balaban J connectivity index is 1.75. The maximum Gasteiger partial charge on any atom is 0.128 e. The Labute approximate surface area is 164 Å². The molecule has 0 spiro atoms. The van der Waals surface area contributed by atoms with Gasteiger partial charge in [-0.3, -0.25) is 0 Å². The summed E-state index contributed by atoms with van der Waals surface area (Å²) < 4.78 is 43.4. The lowest BCUT2D eigenvalue weighted by molar-refractivity contribution is 0.601. The summed E-state index contributed by atoms with van der Waals surface area (Å²) in [6.45, 7) is 0.263. The molecule has 29 heavy (non-hydrogen) atoms. The highest BCUT2D eigenvalue weighted by Gasteiger charge is 2.21. The van der Waals surface area contributed by atoms with Gasteiger partial charge in [0.2, 0.25) is 0 Å². The summed E-state index contributed by atoms with van der Waals surface area (Å²) in [5.41, 5.74) is 3.72. The van der Waals surface area contributed by atoms with Gasteiger partial charge >= 0.3 is 0 Å². The van der Waals surface area contributed by atoms with Crippen molar-refractivity contribution in [2.24, 2.45) is 0 Å². The summed E-state index contributed by atoms with van der Waals surface area (Å²) in [7, 11) is 0. The molecule has 0 saturated heterocycles. The van der Waals surface area contributed by atoms with Gasteiger partial charge in [0, 0.05) is 28.3 Å². The van der Waals surface area contributed by atoms with Crippen LogP contribution in [0.3, 0.4) is 0 Å². The zero-order chi connectivity index (χ0) is 20.0. The number of nitrogens with zero attached hydrogens (tertiary/aromatic N) is 3. The van der Waals surface area contributed by atoms with Crippen molar-refractivity contribution in [3.05, 3.63) is 95.9 Å². The Morgan fingerprint density at radius 3 is 2.28 bits per heavy atom. The topological polar surface area (TPSA) is 30.7 Å². The second-order valence-electron chi connectivity index (χ2n) is 6.83. The number of rotatable bonds is 3. The summed E-state index contributed by atoms with van der Waals surface area (Å²) in [4.78, 5) is 0. The summed E-state index contributed by atoms with van der Waals surface area (Å²) >= 11 is 0. The van der Waals surface area contributed by atoms with Crippen LogP contribution in [-0.2, 0) is 6.54 Å². The van der Waals surface area contributed by atoms with Gasteiger partial charge < -0.3 is 4.57 Å². The third-order valence-corrected chi connectivity index (χ3v) is 4.98. The van der Waals surface area contributed by atoms with Crippen LogP contribution in [0.15, 0.2) is 72.9 Å². The zero-order valence-corrected chi connectivity index (χ0v) is 15.1. The van der Waals surface area contributed by atoms with E-state index in [2.05, 4.69) is 10.2 Å². The van der Waals surface area contributed by atoms with E-state index in [-0.39, 0.29) is 18.2 Å². The first-order valence-corrected chi connectivity index (χ1v) is 9.04. The third-order valence-electron chi connectivity index (χ3n) is 4.98. The van der Waals surface area contributed by atoms with Gasteiger partial charge in [-0.25, -0.2) is 13.2 Å². The average Bonchev–Trinajstić information content (AvgIpc) is 3.14. The minimum atomic E-state index is -0.395. The Bertz CT molecular complexity index is 1310. The highest BCUT2D eigenvalue weighted by Crippen LogP contribution is 2.37. The molecule has 0 radical (unpaired) electrons. The van der Waals surface area contributed by atoms with Crippen LogP contribution in [0.1, 0.15) is 5.56 Å². The molecule has 3 nitrogen and oxygen atoms in total. The Morgan fingerprint density at radius 1 is 0.759 bits per heavy atom. The van der Waals surface area contributed by atoms with Crippen LogP contribution in [0.2, 0.25) is 0 Å². The predicted octanol–water partition coefficient (Wildman–Crippen LogP) is 5.67. The third kappa shape index (κ3) is 3.02. The Hall–Kier alpha value is -3.67. The number of aromatic nitrogens is 3. The van der Waals surface area contributed by atoms with Gasteiger partial charge in [0.1, 0.15) is 28.8 Å². The summed E-state index contributed by atoms with van der Waals surface area (Å²) in [5.74, 6) is -1.05. The molecule has 0 aliphatic carbocycles. The number of benzene rings is 3. The van der Waals surface area contributed by atoms with Crippen LogP contribution in [0.4, 0.5) is 13.2 Å². The molecule has 2 aliphatic heterocycles. The molecule has 0 amide bonds. The van der Waals surface area contributed by atoms with Crippen LogP contribution in [-0.4, -0.2) is 14.8 Å². The highest BCUT2D eigenvalue weighted by atomic mass is 19.1. The molecule has 0 atom stereocenters. The second-order valence-corrected chi connectivity index (χ2v) is 6.83. The first kappa shape index (κ1) is 17.4. The normalized spacial score (nSPS) is 11.4. The maximum atomic E-state index is 14.2. The standard InChI is InChI=1S/C23H14F3N3/c24-16-7-5-14(6-8-16)22-19-13-29(12-15-3-1-2-4-20(15)26)21-10-9-17(25)11-18(21)23(19)28-27-22/h1-11,13H,12H2. The number of hydrogen-bond donors (Lipinski definition) is 0. The van der Waals surface area contributed by atoms with Gasteiger partial charge in [-0.2, -0.15) is 0 Å². The summed E-state index contributed by atoms with van der Waals surface area (Å²) in [6, 6.07) is 16.9. The van der Waals surface area contributed by atoms with Gasteiger partial charge in [-0.1, -0.05) is 18.2 Å². The largest absolute Gasteiger partial charge is 0.342 e. The van der Waals surface area contributed by atoms with E-state index < -0.39 is 5.82 Å². The monoisotopic (exact) mass is 389 g/mol. The van der Waals surface area contributed by atoms with Crippen LogP contribution >= 0.6 is 0 Å². The molecule has 3 aromatic rings. The molecule has 2 heterocycles. The number of fused-ring (bicyclic) bond motifs is 3. The van der Waals surface area contributed by atoms with Gasteiger partial charge in [0.25, 0.3) is 0 Å². The van der Waals surface area contributed by atoms with E-state index in [0.29, 0.717) is 39.0 Å². The SMILES string of the molecule is Fc1ccc(-c2nnc3c4cc(F)ccc4n(Cc4ccccc4F)cc2-3)cc1. The molecular formula is C23H14F3N3. The Kier molecular flexibility index (Phi) is 4.05. The van der Waals surface area contributed by atoms with Gasteiger partial charge in [0.15, 0.2) is 0 Å². The van der Waals surface area contributed by atoms with Crippen molar-refractivity contribution in [3.8, 4) is 22.5 Å². The maximum absolute atomic E-state index is 14.2. The fraction of sp³-hybridized carbons (Fsp3) is 0.0435.